The highest BCUT2D eigenvalue weighted by Gasteiger charge is 2.23. The summed E-state index contributed by atoms with van der Waals surface area (Å²) in [4.78, 5) is 28.5. The quantitative estimate of drug-likeness (QED) is 0.633. The number of pyridine rings is 1. The molecule has 31 heavy (non-hydrogen) atoms. The van der Waals surface area contributed by atoms with Crippen LogP contribution in [0.3, 0.4) is 0 Å². The van der Waals surface area contributed by atoms with Crippen LogP contribution in [0.1, 0.15) is 12.1 Å². The molecule has 0 bridgehead atoms. The number of amides is 1. The SMILES string of the molecule is Cn1c(=O)oc2ccc(-c3ccc(C[C@@H](C#N)NC(=O)[C@@H]4CNCCCO4)nc3)cc21. The fourth-order valence-corrected chi connectivity index (χ4v) is 3.51. The third-order valence-electron chi connectivity index (χ3n) is 5.27. The van der Waals surface area contributed by atoms with E-state index < -0.39 is 17.9 Å². The van der Waals surface area contributed by atoms with Crippen molar-refractivity contribution >= 4 is 17.0 Å². The van der Waals surface area contributed by atoms with Gasteiger partial charge in [0.25, 0.3) is 5.91 Å². The van der Waals surface area contributed by atoms with Gasteiger partial charge in [0.05, 0.1) is 11.6 Å². The molecule has 1 saturated heterocycles. The second-order valence-electron chi connectivity index (χ2n) is 7.46. The van der Waals surface area contributed by atoms with Crippen molar-refractivity contribution in [3.63, 3.8) is 0 Å². The Morgan fingerprint density at radius 2 is 2.23 bits per heavy atom. The molecule has 4 rings (SSSR count). The molecule has 2 atom stereocenters. The van der Waals surface area contributed by atoms with Gasteiger partial charge in [-0.2, -0.15) is 5.26 Å². The van der Waals surface area contributed by atoms with E-state index in [1.54, 1.807) is 19.3 Å². The number of fused-ring (bicyclic) bond motifs is 1. The van der Waals surface area contributed by atoms with Gasteiger partial charge in [-0.25, -0.2) is 4.79 Å². The Morgan fingerprint density at radius 1 is 1.39 bits per heavy atom. The highest BCUT2D eigenvalue weighted by molar-refractivity contribution is 5.82. The van der Waals surface area contributed by atoms with E-state index in [9.17, 15) is 14.9 Å². The normalized spacial score (nSPS) is 17.6. The minimum atomic E-state index is -0.700. The van der Waals surface area contributed by atoms with Gasteiger partial charge in [-0.3, -0.25) is 14.3 Å². The Hall–Kier alpha value is -3.48. The third kappa shape index (κ3) is 4.66. The zero-order chi connectivity index (χ0) is 21.8. The molecule has 1 fully saturated rings. The molecule has 1 aliphatic heterocycles. The van der Waals surface area contributed by atoms with Gasteiger partial charge in [-0.1, -0.05) is 12.1 Å². The Kier molecular flexibility index (Phi) is 6.11. The topological polar surface area (TPSA) is 122 Å². The molecule has 1 aliphatic rings. The first-order valence-electron chi connectivity index (χ1n) is 10.1. The summed E-state index contributed by atoms with van der Waals surface area (Å²) in [5.41, 5.74) is 3.68. The molecule has 1 amide bonds. The van der Waals surface area contributed by atoms with E-state index >= 15 is 0 Å². The number of aromatic nitrogens is 2. The number of carbonyl (C=O) groups excluding carboxylic acids is 1. The number of hydrogen-bond acceptors (Lipinski definition) is 7. The Bertz CT molecular complexity index is 1170. The lowest BCUT2D eigenvalue weighted by Gasteiger charge is -2.17. The Morgan fingerprint density at radius 3 is 3.00 bits per heavy atom. The van der Waals surface area contributed by atoms with Gasteiger partial charge in [0.1, 0.15) is 12.1 Å². The second-order valence-corrected chi connectivity index (χ2v) is 7.46. The van der Waals surface area contributed by atoms with E-state index in [2.05, 4.69) is 21.7 Å². The highest BCUT2D eigenvalue weighted by Crippen LogP contribution is 2.23. The summed E-state index contributed by atoms with van der Waals surface area (Å²) in [6, 6.07) is 10.6. The molecule has 9 nitrogen and oxygen atoms in total. The van der Waals surface area contributed by atoms with Crippen LogP contribution in [0.4, 0.5) is 0 Å². The summed E-state index contributed by atoms with van der Waals surface area (Å²) in [5, 5.41) is 15.4. The monoisotopic (exact) mass is 421 g/mol. The standard InChI is InChI=1S/C22H23N5O4/c1-27-18-9-14(4-6-19(18)31-22(27)29)15-3-5-16(25-12-15)10-17(11-23)26-21(28)20-13-24-7-2-8-30-20/h3-6,9,12,17,20,24H,2,7-8,10,13H2,1H3,(H,26,28)/t17-,20-/m0/s1. The van der Waals surface area contributed by atoms with E-state index in [1.165, 1.54) is 4.57 Å². The largest absolute Gasteiger partial charge is 0.419 e. The number of nitrogens with one attached hydrogen (secondary N) is 2. The van der Waals surface area contributed by atoms with Crippen LogP contribution >= 0.6 is 0 Å². The number of rotatable bonds is 5. The summed E-state index contributed by atoms with van der Waals surface area (Å²) in [6.45, 7) is 1.76. The molecule has 3 heterocycles. The first-order chi connectivity index (χ1) is 15.0. The third-order valence-corrected chi connectivity index (χ3v) is 5.27. The molecular formula is C22H23N5O4. The fraction of sp³-hybridized carbons (Fsp3) is 0.364. The van der Waals surface area contributed by atoms with Gasteiger partial charge in [0.2, 0.25) is 0 Å². The van der Waals surface area contributed by atoms with Crippen molar-refractivity contribution in [3.8, 4) is 17.2 Å². The molecular weight excluding hydrogens is 398 g/mol. The van der Waals surface area contributed by atoms with Gasteiger partial charge in [-0.15, -0.1) is 0 Å². The van der Waals surface area contributed by atoms with Crippen LogP contribution in [-0.4, -0.2) is 47.3 Å². The van der Waals surface area contributed by atoms with Gasteiger partial charge >= 0.3 is 5.76 Å². The summed E-state index contributed by atoms with van der Waals surface area (Å²) in [7, 11) is 1.66. The summed E-state index contributed by atoms with van der Waals surface area (Å²) < 4.78 is 12.2. The van der Waals surface area contributed by atoms with Crippen LogP contribution in [0.2, 0.25) is 0 Å². The zero-order valence-corrected chi connectivity index (χ0v) is 17.1. The molecule has 9 heteroatoms. The van der Waals surface area contributed by atoms with Crippen LogP contribution in [0.5, 0.6) is 0 Å². The smallest absolute Gasteiger partial charge is 0.408 e. The molecule has 0 saturated carbocycles. The second kappa shape index (κ2) is 9.12. The predicted octanol–water partition coefficient (Wildman–Crippen LogP) is 1.12. The molecule has 1 aromatic carbocycles. The van der Waals surface area contributed by atoms with Crippen molar-refractivity contribution in [3.05, 3.63) is 52.8 Å². The highest BCUT2D eigenvalue weighted by atomic mass is 16.5. The minimum Gasteiger partial charge on any atom is -0.408 e. The number of oxazole rings is 1. The van der Waals surface area contributed by atoms with Crippen molar-refractivity contribution in [1.29, 1.82) is 5.26 Å². The van der Waals surface area contributed by atoms with E-state index in [-0.39, 0.29) is 12.3 Å². The summed E-state index contributed by atoms with van der Waals surface area (Å²) in [5.74, 6) is -0.702. The van der Waals surface area contributed by atoms with Crippen LogP contribution in [-0.2, 0) is 23.0 Å². The molecule has 160 valence electrons. The Balaban J connectivity index is 1.43. The lowest BCUT2D eigenvalue weighted by atomic mass is 10.1. The number of carbonyl (C=O) groups is 1. The van der Waals surface area contributed by atoms with Crippen molar-refractivity contribution in [1.82, 2.24) is 20.2 Å². The molecule has 0 spiro atoms. The fourth-order valence-electron chi connectivity index (χ4n) is 3.51. The van der Waals surface area contributed by atoms with Crippen molar-refractivity contribution in [2.75, 3.05) is 19.7 Å². The molecule has 0 radical (unpaired) electrons. The van der Waals surface area contributed by atoms with Crippen molar-refractivity contribution in [2.45, 2.75) is 25.0 Å². The molecule has 2 N–H and O–H groups in total. The van der Waals surface area contributed by atoms with E-state index in [1.807, 2.05) is 24.3 Å². The maximum Gasteiger partial charge on any atom is 0.419 e. The Labute approximate surface area is 178 Å². The lowest BCUT2D eigenvalue weighted by molar-refractivity contribution is -0.132. The number of nitriles is 1. The van der Waals surface area contributed by atoms with Crippen LogP contribution < -0.4 is 16.4 Å². The maximum absolute atomic E-state index is 12.4. The number of nitrogens with zero attached hydrogens (tertiary/aromatic N) is 3. The zero-order valence-electron chi connectivity index (χ0n) is 17.1. The van der Waals surface area contributed by atoms with Crippen molar-refractivity contribution < 1.29 is 13.9 Å². The molecule has 0 aliphatic carbocycles. The number of benzene rings is 1. The van der Waals surface area contributed by atoms with Crippen LogP contribution in [0.15, 0.2) is 45.7 Å². The van der Waals surface area contributed by atoms with E-state index in [0.717, 1.165) is 24.1 Å². The van der Waals surface area contributed by atoms with Gasteiger partial charge in [0.15, 0.2) is 5.58 Å². The molecule has 0 unspecified atom stereocenters. The predicted molar refractivity (Wildman–Crippen MR) is 113 cm³/mol. The molecule has 3 aromatic rings. The molecule has 2 aromatic heterocycles. The van der Waals surface area contributed by atoms with Gasteiger partial charge in [0, 0.05) is 44.1 Å². The lowest BCUT2D eigenvalue weighted by Crippen LogP contribution is -2.46. The van der Waals surface area contributed by atoms with Crippen LogP contribution in [0, 0.1) is 11.3 Å². The minimum absolute atomic E-state index is 0.290. The summed E-state index contributed by atoms with van der Waals surface area (Å²) in [6.07, 6.45) is 2.26. The van der Waals surface area contributed by atoms with Crippen molar-refractivity contribution in [2.24, 2.45) is 7.05 Å². The number of aryl methyl sites for hydroxylation is 1. The number of ether oxygens (including phenoxy) is 1. The van der Waals surface area contributed by atoms with E-state index in [4.69, 9.17) is 9.15 Å². The van der Waals surface area contributed by atoms with Gasteiger partial charge in [-0.05, 0) is 36.7 Å². The average molecular weight is 421 g/mol. The van der Waals surface area contributed by atoms with E-state index in [0.29, 0.717) is 29.9 Å². The van der Waals surface area contributed by atoms with Crippen LogP contribution in [0.25, 0.3) is 22.2 Å². The van der Waals surface area contributed by atoms with Gasteiger partial charge < -0.3 is 19.8 Å². The first kappa shape index (κ1) is 20.8. The first-order valence-corrected chi connectivity index (χ1v) is 10.1. The maximum atomic E-state index is 12.4. The number of hydrogen-bond donors (Lipinski definition) is 2. The summed E-state index contributed by atoms with van der Waals surface area (Å²) >= 11 is 0. The average Bonchev–Trinajstić information content (AvgIpc) is 2.96.